The maximum atomic E-state index is 12.5. The van der Waals surface area contributed by atoms with Crippen LogP contribution in [0.25, 0.3) is 0 Å². The van der Waals surface area contributed by atoms with E-state index in [4.69, 9.17) is 17.3 Å². The van der Waals surface area contributed by atoms with E-state index in [0.717, 1.165) is 50.5 Å². The fraction of sp³-hybridized carbons (Fsp3) is 0.667. The molecule has 0 unspecified atom stereocenters. The Balaban J connectivity index is 1.51. The summed E-state index contributed by atoms with van der Waals surface area (Å²) in [6.07, 6.45) is 9.91. The molecule has 4 nitrogen and oxygen atoms in total. The zero-order valence-electron chi connectivity index (χ0n) is 15.5. The third-order valence-electron chi connectivity index (χ3n) is 6.34. The van der Waals surface area contributed by atoms with Crippen molar-refractivity contribution in [3.63, 3.8) is 0 Å². The minimum Gasteiger partial charge on any atom is -0.398 e. The Kier molecular flexibility index (Phi) is 5.30. The number of likely N-dealkylation sites (tertiary alicyclic amines) is 1. The standard InChI is InChI=1S/C21H30ClN3O/c22-19-12-17(8-9-20(19)23)25(13-15-4-2-1-3-5-15)18-10-11-24(14-18)21(26)16-6-7-16/h8-9,12,15-16,18H,1-7,10-11,13-14,23H2/t18-/m0/s1. The average Bonchev–Trinajstić information content (AvgIpc) is 3.39. The number of hydrogen-bond acceptors (Lipinski definition) is 3. The third kappa shape index (κ3) is 3.95. The summed E-state index contributed by atoms with van der Waals surface area (Å²) < 4.78 is 0. The summed E-state index contributed by atoms with van der Waals surface area (Å²) in [5.74, 6) is 1.43. The van der Waals surface area contributed by atoms with E-state index in [9.17, 15) is 4.79 Å². The van der Waals surface area contributed by atoms with Crippen LogP contribution in [0, 0.1) is 11.8 Å². The second kappa shape index (κ2) is 7.67. The molecule has 0 spiro atoms. The van der Waals surface area contributed by atoms with Gasteiger partial charge < -0.3 is 15.5 Å². The predicted octanol–water partition coefficient (Wildman–Crippen LogP) is 4.32. The second-order valence-corrected chi connectivity index (χ2v) is 8.77. The van der Waals surface area contributed by atoms with Crippen molar-refractivity contribution in [2.45, 2.75) is 57.4 Å². The van der Waals surface area contributed by atoms with Crippen molar-refractivity contribution >= 4 is 28.9 Å². The van der Waals surface area contributed by atoms with Crippen LogP contribution < -0.4 is 10.6 Å². The third-order valence-corrected chi connectivity index (χ3v) is 6.67. The molecule has 0 radical (unpaired) electrons. The molecule has 3 aliphatic rings. The molecule has 2 saturated carbocycles. The maximum Gasteiger partial charge on any atom is 0.225 e. The molecule has 142 valence electrons. The zero-order valence-corrected chi connectivity index (χ0v) is 16.3. The van der Waals surface area contributed by atoms with Gasteiger partial charge in [-0.1, -0.05) is 30.9 Å². The van der Waals surface area contributed by atoms with Gasteiger partial charge in [-0.15, -0.1) is 0 Å². The van der Waals surface area contributed by atoms with Crippen molar-refractivity contribution in [3.05, 3.63) is 23.2 Å². The Morgan fingerprint density at radius 3 is 2.62 bits per heavy atom. The number of carbonyl (C=O) groups is 1. The molecule has 1 atom stereocenters. The summed E-state index contributed by atoms with van der Waals surface area (Å²) >= 11 is 6.32. The number of nitrogen functional groups attached to an aromatic ring is 1. The van der Waals surface area contributed by atoms with Gasteiger partial charge in [0.15, 0.2) is 0 Å². The number of halogens is 1. The first-order chi connectivity index (χ1) is 12.6. The highest BCUT2D eigenvalue weighted by Gasteiger charge is 2.38. The van der Waals surface area contributed by atoms with Crippen LogP contribution in [0.4, 0.5) is 11.4 Å². The van der Waals surface area contributed by atoms with E-state index in [1.54, 1.807) is 0 Å². The Bertz CT molecular complexity index is 655. The van der Waals surface area contributed by atoms with Gasteiger partial charge >= 0.3 is 0 Å². The summed E-state index contributed by atoms with van der Waals surface area (Å²) in [6, 6.07) is 6.40. The number of carbonyl (C=O) groups excluding carboxylic acids is 1. The van der Waals surface area contributed by atoms with Gasteiger partial charge in [0.1, 0.15) is 0 Å². The lowest BCUT2D eigenvalue weighted by Crippen LogP contribution is -2.42. The summed E-state index contributed by atoms with van der Waals surface area (Å²) in [4.78, 5) is 17.1. The highest BCUT2D eigenvalue weighted by molar-refractivity contribution is 6.33. The zero-order chi connectivity index (χ0) is 18.1. The molecule has 1 aromatic rings. The monoisotopic (exact) mass is 375 g/mol. The first-order valence-electron chi connectivity index (χ1n) is 10.2. The lowest BCUT2D eigenvalue weighted by Gasteiger charge is -2.36. The Morgan fingerprint density at radius 2 is 1.92 bits per heavy atom. The summed E-state index contributed by atoms with van der Waals surface area (Å²) in [7, 11) is 0. The summed E-state index contributed by atoms with van der Waals surface area (Å²) in [6.45, 7) is 2.81. The number of nitrogens with two attached hydrogens (primary N) is 1. The van der Waals surface area contributed by atoms with E-state index in [0.29, 0.717) is 28.6 Å². The summed E-state index contributed by atoms with van der Waals surface area (Å²) in [5, 5.41) is 0.625. The number of hydrogen-bond donors (Lipinski definition) is 1. The lowest BCUT2D eigenvalue weighted by atomic mass is 9.88. The molecule has 1 amide bonds. The van der Waals surface area contributed by atoms with E-state index in [1.807, 2.05) is 12.1 Å². The number of rotatable bonds is 5. The first-order valence-corrected chi connectivity index (χ1v) is 10.6. The number of nitrogens with zero attached hydrogens (tertiary/aromatic N) is 2. The highest BCUT2D eigenvalue weighted by atomic mass is 35.5. The number of amides is 1. The first kappa shape index (κ1) is 18.0. The predicted molar refractivity (Wildman–Crippen MR) is 107 cm³/mol. The fourth-order valence-electron chi connectivity index (χ4n) is 4.59. The van der Waals surface area contributed by atoms with E-state index in [1.165, 1.54) is 32.1 Å². The molecule has 26 heavy (non-hydrogen) atoms. The summed E-state index contributed by atoms with van der Waals surface area (Å²) in [5.41, 5.74) is 7.71. The van der Waals surface area contributed by atoms with Crippen molar-refractivity contribution in [2.75, 3.05) is 30.3 Å². The minimum absolute atomic E-state index is 0.312. The SMILES string of the molecule is Nc1ccc(N(CC2CCCCC2)[C@H]2CCN(C(=O)C3CC3)C2)cc1Cl. The molecule has 3 fully saturated rings. The van der Waals surface area contributed by atoms with Crippen LogP contribution in [0.15, 0.2) is 18.2 Å². The average molecular weight is 376 g/mol. The van der Waals surface area contributed by atoms with Crippen molar-refractivity contribution in [1.29, 1.82) is 0 Å². The lowest BCUT2D eigenvalue weighted by molar-refractivity contribution is -0.131. The van der Waals surface area contributed by atoms with Crippen molar-refractivity contribution < 1.29 is 4.79 Å². The molecule has 0 bridgehead atoms. The van der Waals surface area contributed by atoms with Crippen LogP contribution in [0.3, 0.4) is 0 Å². The molecule has 4 rings (SSSR count). The van der Waals surface area contributed by atoms with E-state index < -0.39 is 0 Å². The smallest absolute Gasteiger partial charge is 0.225 e. The molecule has 1 aliphatic heterocycles. The Hall–Kier alpha value is -1.42. The Labute approximate surface area is 161 Å². The normalized spacial score (nSPS) is 24.0. The van der Waals surface area contributed by atoms with Gasteiger partial charge in [0.2, 0.25) is 5.91 Å². The van der Waals surface area contributed by atoms with Gasteiger partial charge in [0.25, 0.3) is 0 Å². The molecular weight excluding hydrogens is 346 g/mol. The number of anilines is 2. The van der Waals surface area contributed by atoms with Crippen molar-refractivity contribution in [2.24, 2.45) is 11.8 Å². The van der Waals surface area contributed by atoms with Crippen LogP contribution in [0.2, 0.25) is 5.02 Å². The quantitative estimate of drug-likeness (QED) is 0.779. The van der Waals surface area contributed by atoms with E-state index >= 15 is 0 Å². The molecule has 1 saturated heterocycles. The van der Waals surface area contributed by atoms with Crippen LogP contribution in [0.5, 0.6) is 0 Å². The largest absolute Gasteiger partial charge is 0.398 e. The molecule has 5 heteroatoms. The number of benzene rings is 1. The van der Waals surface area contributed by atoms with Crippen LogP contribution in [-0.2, 0) is 4.79 Å². The highest BCUT2D eigenvalue weighted by Crippen LogP contribution is 2.35. The van der Waals surface area contributed by atoms with Crippen LogP contribution >= 0.6 is 11.6 Å². The van der Waals surface area contributed by atoms with Gasteiger partial charge in [0, 0.05) is 37.3 Å². The van der Waals surface area contributed by atoms with Gasteiger partial charge in [0.05, 0.1) is 10.7 Å². The van der Waals surface area contributed by atoms with Gasteiger partial charge in [-0.3, -0.25) is 4.79 Å². The van der Waals surface area contributed by atoms with Gasteiger partial charge in [-0.2, -0.15) is 0 Å². The molecule has 2 N–H and O–H groups in total. The molecule has 2 aliphatic carbocycles. The van der Waals surface area contributed by atoms with E-state index in [2.05, 4.69) is 15.9 Å². The molecule has 1 aromatic carbocycles. The molecule has 1 heterocycles. The maximum absolute atomic E-state index is 12.5. The van der Waals surface area contributed by atoms with Crippen molar-refractivity contribution in [3.8, 4) is 0 Å². The topological polar surface area (TPSA) is 49.6 Å². The van der Waals surface area contributed by atoms with Gasteiger partial charge in [-0.05, 0) is 56.2 Å². The van der Waals surface area contributed by atoms with Crippen LogP contribution in [-0.4, -0.2) is 36.5 Å². The molecule has 0 aromatic heterocycles. The minimum atomic E-state index is 0.312. The van der Waals surface area contributed by atoms with Gasteiger partial charge in [-0.25, -0.2) is 0 Å². The van der Waals surface area contributed by atoms with Crippen molar-refractivity contribution in [1.82, 2.24) is 4.90 Å². The fourth-order valence-corrected chi connectivity index (χ4v) is 4.77. The Morgan fingerprint density at radius 1 is 1.15 bits per heavy atom. The molecular formula is C21H30ClN3O. The van der Waals surface area contributed by atoms with Crippen LogP contribution in [0.1, 0.15) is 51.4 Å². The second-order valence-electron chi connectivity index (χ2n) is 8.36. The van der Waals surface area contributed by atoms with E-state index in [-0.39, 0.29) is 0 Å².